The van der Waals surface area contributed by atoms with Crippen molar-refractivity contribution in [1.82, 2.24) is 9.13 Å². The second-order valence-corrected chi connectivity index (χ2v) is 7.56. The second-order valence-electron chi connectivity index (χ2n) is 6.47. The zero-order valence-electron chi connectivity index (χ0n) is 15.8. The first-order valence-electron chi connectivity index (χ1n) is 8.87. The predicted molar refractivity (Wildman–Crippen MR) is 107 cm³/mol. The molecule has 9 heteroatoms. The lowest BCUT2D eigenvalue weighted by Gasteiger charge is -2.18. The van der Waals surface area contributed by atoms with Crippen molar-refractivity contribution in [2.75, 3.05) is 13.2 Å². The van der Waals surface area contributed by atoms with Gasteiger partial charge in [-0.2, -0.15) is 0 Å². The van der Waals surface area contributed by atoms with E-state index in [2.05, 4.69) is 0 Å². The molecule has 0 spiro atoms. The zero-order valence-corrected chi connectivity index (χ0v) is 16.7. The first-order chi connectivity index (χ1) is 13.9. The number of esters is 1. The Morgan fingerprint density at radius 2 is 1.79 bits per heavy atom. The molecule has 0 amide bonds. The Morgan fingerprint density at radius 3 is 2.59 bits per heavy atom. The molecule has 150 valence electrons. The zero-order chi connectivity index (χ0) is 20.5. The molecule has 0 radical (unpaired) electrons. The molecule has 8 nitrogen and oxygen atoms in total. The van der Waals surface area contributed by atoms with Crippen LogP contribution in [0.4, 0.5) is 0 Å². The van der Waals surface area contributed by atoms with Crippen LogP contribution in [0.5, 0.6) is 11.5 Å². The number of thiophene rings is 1. The molecule has 0 N–H and O–H groups in total. The molecule has 3 heterocycles. The Kier molecular flexibility index (Phi) is 4.98. The maximum Gasteiger partial charge on any atom is 0.348 e. The molecular weight excluding hydrogens is 396 g/mol. The Bertz CT molecular complexity index is 1210. The fraction of sp³-hybridized carbons (Fsp3) is 0.250. The van der Waals surface area contributed by atoms with E-state index in [1.807, 2.05) is 24.3 Å². The molecule has 0 saturated heterocycles. The number of hydrogen-bond donors (Lipinski definition) is 0. The second kappa shape index (κ2) is 7.59. The maximum absolute atomic E-state index is 12.4. The number of carbonyl (C=O) groups is 1. The van der Waals surface area contributed by atoms with Crippen molar-refractivity contribution in [2.45, 2.75) is 6.61 Å². The molecular formula is C20H18N2O6S. The first-order valence-corrected chi connectivity index (χ1v) is 9.68. The highest BCUT2D eigenvalue weighted by molar-refractivity contribution is 7.17. The van der Waals surface area contributed by atoms with Gasteiger partial charge in [-0.3, -0.25) is 13.9 Å². The normalized spacial score (nSPS) is 12.6. The number of rotatable bonds is 4. The number of ether oxygens (including phenoxy) is 3. The highest BCUT2D eigenvalue weighted by Crippen LogP contribution is 2.37. The van der Waals surface area contributed by atoms with Gasteiger partial charge in [-0.05, 0) is 35.9 Å². The van der Waals surface area contributed by atoms with Crippen LogP contribution in [0.2, 0.25) is 0 Å². The van der Waals surface area contributed by atoms with E-state index in [1.54, 1.807) is 6.07 Å². The van der Waals surface area contributed by atoms with Crippen molar-refractivity contribution in [3.05, 3.63) is 67.8 Å². The van der Waals surface area contributed by atoms with Gasteiger partial charge in [0.1, 0.15) is 24.7 Å². The summed E-state index contributed by atoms with van der Waals surface area (Å²) < 4.78 is 18.7. The number of hydrogen-bond acceptors (Lipinski definition) is 7. The summed E-state index contributed by atoms with van der Waals surface area (Å²) in [5.41, 5.74) is 0.319. The lowest BCUT2D eigenvalue weighted by molar-refractivity contribution is 0.0468. The topological polar surface area (TPSA) is 88.8 Å². The van der Waals surface area contributed by atoms with E-state index in [0.717, 1.165) is 15.0 Å². The van der Waals surface area contributed by atoms with Crippen LogP contribution in [0.25, 0.3) is 10.4 Å². The first kappa shape index (κ1) is 19.0. The fourth-order valence-corrected chi connectivity index (χ4v) is 3.82. The summed E-state index contributed by atoms with van der Waals surface area (Å²) in [6, 6.07) is 10.4. The van der Waals surface area contributed by atoms with Crippen LogP contribution in [0, 0.1) is 0 Å². The Hall–Kier alpha value is -3.33. The summed E-state index contributed by atoms with van der Waals surface area (Å²) in [7, 11) is 2.92. The minimum Gasteiger partial charge on any atom is -0.486 e. The summed E-state index contributed by atoms with van der Waals surface area (Å²) in [4.78, 5) is 37.5. The number of fused-ring (bicyclic) bond motifs is 1. The minimum atomic E-state index is -0.521. The van der Waals surface area contributed by atoms with Gasteiger partial charge in [0.25, 0.3) is 5.56 Å². The number of benzene rings is 1. The third kappa shape index (κ3) is 3.68. The number of carbonyl (C=O) groups excluding carboxylic acids is 1. The van der Waals surface area contributed by atoms with Crippen LogP contribution in [-0.4, -0.2) is 28.3 Å². The van der Waals surface area contributed by atoms with Crippen molar-refractivity contribution >= 4 is 17.3 Å². The average molecular weight is 414 g/mol. The van der Waals surface area contributed by atoms with E-state index in [-0.39, 0.29) is 6.61 Å². The van der Waals surface area contributed by atoms with Gasteiger partial charge in [-0.1, -0.05) is 0 Å². The predicted octanol–water partition coefficient (Wildman–Crippen LogP) is 1.94. The lowest BCUT2D eigenvalue weighted by atomic mass is 10.1. The summed E-state index contributed by atoms with van der Waals surface area (Å²) in [5, 5.41) is 0. The largest absolute Gasteiger partial charge is 0.486 e. The maximum atomic E-state index is 12.4. The molecule has 0 unspecified atom stereocenters. The van der Waals surface area contributed by atoms with Crippen LogP contribution >= 0.6 is 11.3 Å². The number of aromatic nitrogens is 2. The van der Waals surface area contributed by atoms with E-state index in [1.165, 1.54) is 36.1 Å². The quantitative estimate of drug-likeness (QED) is 0.607. The summed E-state index contributed by atoms with van der Waals surface area (Å²) in [6.07, 6.45) is 0. The van der Waals surface area contributed by atoms with Gasteiger partial charge < -0.3 is 14.2 Å². The Balaban J connectivity index is 1.49. The van der Waals surface area contributed by atoms with Crippen molar-refractivity contribution < 1.29 is 19.0 Å². The Labute approximate surface area is 169 Å². The molecule has 1 aliphatic rings. The molecule has 0 aliphatic carbocycles. The summed E-state index contributed by atoms with van der Waals surface area (Å²) in [5.74, 6) is 0.862. The van der Waals surface area contributed by atoms with Crippen LogP contribution in [0.1, 0.15) is 15.4 Å². The smallest absolute Gasteiger partial charge is 0.348 e. The van der Waals surface area contributed by atoms with Gasteiger partial charge in [-0.25, -0.2) is 9.59 Å². The third-order valence-electron chi connectivity index (χ3n) is 4.61. The third-order valence-corrected chi connectivity index (χ3v) is 5.72. The molecule has 3 aromatic rings. The van der Waals surface area contributed by atoms with Crippen molar-refractivity contribution in [2.24, 2.45) is 14.1 Å². The van der Waals surface area contributed by atoms with E-state index >= 15 is 0 Å². The molecule has 0 fully saturated rings. The molecule has 4 rings (SSSR count). The van der Waals surface area contributed by atoms with E-state index < -0.39 is 17.2 Å². The van der Waals surface area contributed by atoms with Gasteiger partial charge in [0.05, 0.1) is 5.69 Å². The SMILES string of the molecule is Cn1c(COC(=O)c2ccc(-c3ccc4c(c3)OCCO4)s2)cc(=O)n(C)c1=O. The van der Waals surface area contributed by atoms with E-state index in [0.29, 0.717) is 35.3 Å². The summed E-state index contributed by atoms with van der Waals surface area (Å²) in [6.45, 7) is 0.863. The van der Waals surface area contributed by atoms with E-state index in [4.69, 9.17) is 14.2 Å². The van der Waals surface area contributed by atoms with Crippen LogP contribution in [0.3, 0.4) is 0 Å². The van der Waals surface area contributed by atoms with E-state index in [9.17, 15) is 14.4 Å². The Morgan fingerprint density at radius 1 is 1.03 bits per heavy atom. The molecule has 29 heavy (non-hydrogen) atoms. The van der Waals surface area contributed by atoms with Crippen molar-refractivity contribution in [3.8, 4) is 21.9 Å². The van der Waals surface area contributed by atoms with Crippen LogP contribution in [0.15, 0.2) is 46.0 Å². The van der Waals surface area contributed by atoms with Gasteiger partial charge in [-0.15, -0.1) is 11.3 Å². The van der Waals surface area contributed by atoms with Crippen LogP contribution in [-0.2, 0) is 25.4 Å². The summed E-state index contributed by atoms with van der Waals surface area (Å²) >= 11 is 1.29. The number of nitrogens with zero attached hydrogens (tertiary/aromatic N) is 2. The molecule has 0 atom stereocenters. The monoisotopic (exact) mass is 414 g/mol. The standard InChI is InChI=1S/C20H18N2O6S/c1-21-13(10-18(23)22(2)20(21)25)11-28-19(24)17-6-5-16(29-17)12-3-4-14-15(9-12)27-8-7-26-14/h3-6,9-10H,7-8,11H2,1-2H3. The molecule has 0 saturated carbocycles. The lowest BCUT2D eigenvalue weighted by Crippen LogP contribution is -2.38. The van der Waals surface area contributed by atoms with Crippen molar-refractivity contribution in [3.63, 3.8) is 0 Å². The highest BCUT2D eigenvalue weighted by Gasteiger charge is 2.16. The molecule has 1 aromatic carbocycles. The van der Waals surface area contributed by atoms with Crippen molar-refractivity contribution in [1.29, 1.82) is 0 Å². The highest BCUT2D eigenvalue weighted by atomic mass is 32.1. The molecule has 0 bridgehead atoms. The van der Waals surface area contributed by atoms with Gasteiger partial charge in [0.2, 0.25) is 0 Å². The molecule has 2 aromatic heterocycles. The van der Waals surface area contributed by atoms with Crippen LogP contribution < -0.4 is 20.7 Å². The molecule has 1 aliphatic heterocycles. The van der Waals surface area contributed by atoms with Gasteiger partial charge in [0.15, 0.2) is 11.5 Å². The van der Waals surface area contributed by atoms with Gasteiger partial charge in [0, 0.05) is 25.0 Å². The fourth-order valence-electron chi connectivity index (χ4n) is 2.93. The minimum absolute atomic E-state index is 0.169. The van der Waals surface area contributed by atoms with Gasteiger partial charge >= 0.3 is 11.7 Å². The average Bonchev–Trinajstić information content (AvgIpc) is 3.23.